The van der Waals surface area contributed by atoms with Crippen molar-refractivity contribution in [3.8, 4) is 0 Å². The molecule has 3 unspecified atom stereocenters. The van der Waals surface area contributed by atoms with E-state index < -0.39 is 6.04 Å². The third-order valence-electron chi connectivity index (χ3n) is 4.54. The summed E-state index contributed by atoms with van der Waals surface area (Å²) in [6, 6.07) is 8.60. The molecule has 7 nitrogen and oxygen atoms in total. The normalized spacial score (nSPS) is 20.1. The summed E-state index contributed by atoms with van der Waals surface area (Å²) in [4.78, 5) is 24.6. The molecule has 0 aliphatic heterocycles. The molecule has 0 radical (unpaired) electrons. The molecular formula is C18H24ClN5O2. The Morgan fingerprint density at radius 2 is 1.96 bits per heavy atom. The first-order valence-electron chi connectivity index (χ1n) is 8.49. The summed E-state index contributed by atoms with van der Waals surface area (Å²) < 4.78 is 1.59. The molecule has 4 N–H and O–H groups in total. The molecule has 1 heterocycles. The van der Waals surface area contributed by atoms with Crippen molar-refractivity contribution >= 4 is 35.6 Å². The Hall–Kier alpha value is -2.38. The lowest BCUT2D eigenvalue weighted by Gasteiger charge is -2.14. The quantitative estimate of drug-likeness (QED) is 0.745. The zero-order valence-electron chi connectivity index (χ0n) is 14.6. The van der Waals surface area contributed by atoms with Crippen LogP contribution in [0.25, 0.3) is 0 Å². The minimum absolute atomic E-state index is 0. The van der Waals surface area contributed by atoms with Gasteiger partial charge in [0.2, 0.25) is 11.8 Å². The van der Waals surface area contributed by atoms with Gasteiger partial charge < -0.3 is 16.4 Å². The van der Waals surface area contributed by atoms with Crippen LogP contribution in [0.5, 0.6) is 0 Å². The van der Waals surface area contributed by atoms with Crippen LogP contribution in [0.2, 0.25) is 0 Å². The number of nitrogens with zero attached hydrogens (tertiary/aromatic N) is 2. The molecule has 0 spiro atoms. The van der Waals surface area contributed by atoms with Gasteiger partial charge in [0.15, 0.2) is 0 Å². The van der Waals surface area contributed by atoms with Gasteiger partial charge in [-0.2, -0.15) is 5.10 Å². The van der Waals surface area contributed by atoms with Crippen molar-refractivity contribution in [2.45, 2.75) is 38.3 Å². The summed E-state index contributed by atoms with van der Waals surface area (Å²) >= 11 is 0. The maximum atomic E-state index is 12.3. The Balaban J connectivity index is 0.00000243. The summed E-state index contributed by atoms with van der Waals surface area (Å²) in [6.45, 7) is 1.78. The van der Waals surface area contributed by atoms with Crippen LogP contribution < -0.4 is 16.4 Å². The van der Waals surface area contributed by atoms with E-state index >= 15 is 0 Å². The highest BCUT2D eigenvalue weighted by Crippen LogP contribution is 2.26. The summed E-state index contributed by atoms with van der Waals surface area (Å²) in [5.41, 5.74) is 7.16. The number of benzene rings is 1. The topological polar surface area (TPSA) is 102 Å². The van der Waals surface area contributed by atoms with Gasteiger partial charge in [-0.3, -0.25) is 14.3 Å². The minimum Gasteiger partial charge on any atom is -0.328 e. The standard InChI is InChI=1S/C18H23N5O2.ClH/c1-12(23-9-3-8-20-23)17(24)21-15-4-2-5-16(11-15)22-18(25)13-6-7-14(19)10-13;/h2-5,8-9,11-14H,6-7,10,19H2,1H3,(H,21,24)(H,22,25);1H. The van der Waals surface area contributed by atoms with Crippen molar-refractivity contribution in [3.05, 3.63) is 42.7 Å². The van der Waals surface area contributed by atoms with E-state index in [1.807, 2.05) is 0 Å². The molecule has 1 aromatic carbocycles. The monoisotopic (exact) mass is 377 g/mol. The number of rotatable bonds is 5. The Morgan fingerprint density at radius 1 is 1.23 bits per heavy atom. The van der Waals surface area contributed by atoms with Crippen molar-refractivity contribution in [2.24, 2.45) is 11.7 Å². The number of aromatic nitrogens is 2. The zero-order chi connectivity index (χ0) is 17.8. The Kier molecular flexibility index (Phi) is 6.76. The fraction of sp³-hybridized carbons (Fsp3) is 0.389. The van der Waals surface area contributed by atoms with Crippen molar-refractivity contribution in [2.75, 3.05) is 10.6 Å². The van der Waals surface area contributed by atoms with E-state index in [0.717, 1.165) is 19.3 Å². The van der Waals surface area contributed by atoms with Gasteiger partial charge in [0, 0.05) is 35.7 Å². The Labute approximate surface area is 158 Å². The van der Waals surface area contributed by atoms with E-state index in [0.29, 0.717) is 11.4 Å². The number of nitrogens with two attached hydrogens (primary N) is 1. The van der Waals surface area contributed by atoms with Crippen LogP contribution in [-0.2, 0) is 9.59 Å². The van der Waals surface area contributed by atoms with Gasteiger partial charge in [0.1, 0.15) is 6.04 Å². The second-order valence-electron chi connectivity index (χ2n) is 6.49. The number of carbonyl (C=O) groups is 2. The van der Waals surface area contributed by atoms with Gasteiger partial charge in [0.25, 0.3) is 0 Å². The van der Waals surface area contributed by atoms with Crippen molar-refractivity contribution in [1.82, 2.24) is 9.78 Å². The predicted molar refractivity (Wildman–Crippen MR) is 103 cm³/mol. The van der Waals surface area contributed by atoms with Crippen LogP contribution >= 0.6 is 12.4 Å². The minimum atomic E-state index is -0.423. The molecule has 8 heteroatoms. The maximum absolute atomic E-state index is 12.3. The molecule has 26 heavy (non-hydrogen) atoms. The number of nitrogens with one attached hydrogen (secondary N) is 2. The second-order valence-corrected chi connectivity index (χ2v) is 6.49. The molecule has 140 valence electrons. The highest BCUT2D eigenvalue weighted by Gasteiger charge is 2.27. The molecule has 3 rings (SSSR count). The van der Waals surface area contributed by atoms with E-state index in [1.54, 1.807) is 54.3 Å². The molecular weight excluding hydrogens is 354 g/mol. The van der Waals surface area contributed by atoms with Crippen LogP contribution in [0.15, 0.2) is 42.7 Å². The summed E-state index contributed by atoms with van der Waals surface area (Å²) in [5.74, 6) is -0.219. The maximum Gasteiger partial charge on any atom is 0.248 e. The van der Waals surface area contributed by atoms with Crippen LogP contribution in [0, 0.1) is 5.92 Å². The summed E-state index contributed by atoms with van der Waals surface area (Å²) in [5, 5.41) is 9.84. The molecule has 2 amide bonds. The van der Waals surface area contributed by atoms with E-state index in [4.69, 9.17) is 5.73 Å². The van der Waals surface area contributed by atoms with Crippen LogP contribution in [-0.4, -0.2) is 27.6 Å². The average Bonchev–Trinajstić information content (AvgIpc) is 3.26. The number of hydrogen-bond acceptors (Lipinski definition) is 4. The Morgan fingerprint density at radius 3 is 2.58 bits per heavy atom. The molecule has 2 aromatic rings. The third-order valence-corrected chi connectivity index (χ3v) is 4.54. The lowest BCUT2D eigenvalue weighted by Crippen LogP contribution is -2.24. The van der Waals surface area contributed by atoms with Gasteiger partial charge in [-0.05, 0) is 50.5 Å². The van der Waals surface area contributed by atoms with E-state index in [1.165, 1.54) is 0 Å². The third kappa shape index (κ3) is 4.83. The zero-order valence-corrected chi connectivity index (χ0v) is 15.4. The fourth-order valence-electron chi connectivity index (χ4n) is 3.05. The summed E-state index contributed by atoms with van der Waals surface area (Å²) in [7, 11) is 0. The smallest absolute Gasteiger partial charge is 0.248 e. The average molecular weight is 378 g/mol. The number of carbonyl (C=O) groups excluding carboxylic acids is 2. The predicted octanol–water partition coefficient (Wildman–Crippen LogP) is 2.57. The number of amides is 2. The molecule has 1 aromatic heterocycles. The summed E-state index contributed by atoms with van der Waals surface area (Å²) in [6.07, 6.45) is 5.82. The molecule has 1 saturated carbocycles. The van der Waals surface area contributed by atoms with Crippen LogP contribution in [0.1, 0.15) is 32.2 Å². The SMILES string of the molecule is CC(C(=O)Nc1cccc(NC(=O)C2CCC(N)C2)c1)n1cccn1.Cl. The number of anilines is 2. The van der Waals surface area contributed by atoms with Gasteiger partial charge in [-0.25, -0.2) is 0 Å². The first-order chi connectivity index (χ1) is 12.0. The largest absolute Gasteiger partial charge is 0.328 e. The van der Waals surface area contributed by atoms with Crippen molar-refractivity contribution < 1.29 is 9.59 Å². The van der Waals surface area contributed by atoms with E-state index in [9.17, 15) is 9.59 Å². The molecule has 1 fully saturated rings. The molecule has 3 atom stereocenters. The molecule has 1 aliphatic carbocycles. The second kappa shape index (κ2) is 8.82. The van der Waals surface area contributed by atoms with Gasteiger partial charge in [-0.15, -0.1) is 12.4 Å². The highest BCUT2D eigenvalue weighted by molar-refractivity contribution is 5.96. The Bertz CT molecular complexity index is 750. The van der Waals surface area contributed by atoms with Gasteiger partial charge in [-0.1, -0.05) is 6.07 Å². The van der Waals surface area contributed by atoms with E-state index in [2.05, 4.69) is 15.7 Å². The molecule has 0 bridgehead atoms. The van der Waals surface area contributed by atoms with Gasteiger partial charge in [0.05, 0.1) is 0 Å². The van der Waals surface area contributed by atoms with Crippen molar-refractivity contribution in [1.29, 1.82) is 0 Å². The highest BCUT2D eigenvalue weighted by atomic mass is 35.5. The first-order valence-corrected chi connectivity index (χ1v) is 8.49. The van der Waals surface area contributed by atoms with Crippen molar-refractivity contribution in [3.63, 3.8) is 0 Å². The fourth-order valence-corrected chi connectivity index (χ4v) is 3.05. The molecule has 0 saturated heterocycles. The number of halogens is 1. The van der Waals surface area contributed by atoms with E-state index in [-0.39, 0.29) is 36.2 Å². The number of hydrogen-bond donors (Lipinski definition) is 3. The van der Waals surface area contributed by atoms with Gasteiger partial charge >= 0.3 is 0 Å². The van der Waals surface area contributed by atoms with Crippen LogP contribution in [0.4, 0.5) is 11.4 Å². The first kappa shape index (κ1) is 19.9. The lowest BCUT2D eigenvalue weighted by molar-refractivity contribution is -0.120. The lowest BCUT2D eigenvalue weighted by atomic mass is 10.1. The van der Waals surface area contributed by atoms with Crippen LogP contribution in [0.3, 0.4) is 0 Å². The molecule has 1 aliphatic rings.